The Kier molecular flexibility index (Phi) is 4.35. The van der Waals surface area contributed by atoms with E-state index in [-0.39, 0.29) is 23.7 Å². The minimum absolute atomic E-state index is 0. The summed E-state index contributed by atoms with van der Waals surface area (Å²) in [5, 5.41) is 11.1. The fourth-order valence-corrected chi connectivity index (χ4v) is 2.83. The second-order valence-electron chi connectivity index (χ2n) is 5.37. The third-order valence-corrected chi connectivity index (χ3v) is 4.04. The van der Waals surface area contributed by atoms with Crippen LogP contribution in [0.3, 0.4) is 0 Å². The first-order valence-electron chi connectivity index (χ1n) is 6.68. The Morgan fingerprint density at radius 1 is 1.25 bits per heavy atom. The molecule has 0 atom stereocenters. The van der Waals surface area contributed by atoms with Gasteiger partial charge in [-0.05, 0) is 51.2 Å². The van der Waals surface area contributed by atoms with Gasteiger partial charge in [0.25, 0.3) is 5.56 Å². The maximum Gasteiger partial charge on any atom is 0.256 e. The molecular formula is C15H19ClN2O2. The number of phenolic OH excluding ortho intramolecular Hbond substituents is 1. The molecule has 0 radical (unpaired) electrons. The molecule has 0 saturated carbocycles. The summed E-state index contributed by atoms with van der Waals surface area (Å²) in [7, 11) is 2.12. The lowest BCUT2D eigenvalue weighted by Gasteiger charge is -2.28. The number of hydrogen-bond acceptors (Lipinski definition) is 3. The van der Waals surface area contributed by atoms with Crippen LogP contribution >= 0.6 is 12.4 Å². The molecule has 0 amide bonds. The van der Waals surface area contributed by atoms with Crippen molar-refractivity contribution in [2.24, 2.45) is 0 Å². The number of aromatic nitrogens is 1. The van der Waals surface area contributed by atoms with E-state index in [9.17, 15) is 9.90 Å². The quantitative estimate of drug-likeness (QED) is 0.849. The van der Waals surface area contributed by atoms with Crippen LogP contribution in [0.1, 0.15) is 24.5 Å². The Balaban J connectivity index is 0.00000147. The summed E-state index contributed by atoms with van der Waals surface area (Å²) in [6, 6.07) is 7.00. The first-order valence-corrected chi connectivity index (χ1v) is 6.68. The van der Waals surface area contributed by atoms with Crippen LogP contribution in [-0.4, -0.2) is 35.1 Å². The van der Waals surface area contributed by atoms with Gasteiger partial charge in [-0.2, -0.15) is 0 Å². The predicted octanol–water partition coefficient (Wildman–Crippen LogP) is 2.46. The zero-order chi connectivity index (χ0) is 13.4. The summed E-state index contributed by atoms with van der Waals surface area (Å²) >= 11 is 0. The van der Waals surface area contributed by atoms with Gasteiger partial charge in [-0.15, -0.1) is 12.4 Å². The number of nitrogens with one attached hydrogen (secondary N) is 1. The number of phenols is 1. The molecular weight excluding hydrogens is 276 g/mol. The lowest BCUT2D eigenvalue weighted by atomic mass is 9.92. The van der Waals surface area contributed by atoms with Gasteiger partial charge in [-0.3, -0.25) is 4.79 Å². The van der Waals surface area contributed by atoms with Crippen molar-refractivity contribution in [2.75, 3.05) is 20.1 Å². The number of rotatable bonds is 1. The third kappa shape index (κ3) is 2.67. The Labute approximate surface area is 123 Å². The van der Waals surface area contributed by atoms with Gasteiger partial charge in [-0.25, -0.2) is 0 Å². The van der Waals surface area contributed by atoms with Crippen molar-refractivity contribution < 1.29 is 5.11 Å². The number of likely N-dealkylation sites (tertiary alicyclic amines) is 1. The average Bonchev–Trinajstić information content (AvgIpc) is 2.41. The SMILES string of the molecule is CN1CCC(c2cc3c(O)cccc3c(=O)[nH]2)CC1.Cl. The van der Waals surface area contributed by atoms with E-state index in [4.69, 9.17) is 0 Å². The maximum absolute atomic E-state index is 12.1. The highest BCUT2D eigenvalue weighted by molar-refractivity contribution is 5.87. The molecule has 2 heterocycles. The summed E-state index contributed by atoms with van der Waals surface area (Å²) in [4.78, 5) is 17.4. The van der Waals surface area contributed by atoms with Crippen molar-refractivity contribution in [1.29, 1.82) is 0 Å². The Morgan fingerprint density at radius 2 is 1.95 bits per heavy atom. The van der Waals surface area contributed by atoms with E-state index in [2.05, 4.69) is 16.9 Å². The molecule has 5 heteroatoms. The second-order valence-corrected chi connectivity index (χ2v) is 5.37. The first-order chi connectivity index (χ1) is 9.15. The number of hydrogen-bond donors (Lipinski definition) is 2. The van der Waals surface area contributed by atoms with Gasteiger partial charge in [0.15, 0.2) is 0 Å². The van der Waals surface area contributed by atoms with E-state index in [0.717, 1.165) is 31.6 Å². The number of H-pyrrole nitrogens is 1. The monoisotopic (exact) mass is 294 g/mol. The van der Waals surface area contributed by atoms with E-state index in [1.807, 2.05) is 6.07 Å². The van der Waals surface area contributed by atoms with Crippen molar-refractivity contribution in [3.8, 4) is 5.75 Å². The molecule has 1 aromatic carbocycles. The summed E-state index contributed by atoms with van der Waals surface area (Å²) in [5.74, 6) is 0.561. The van der Waals surface area contributed by atoms with Crippen molar-refractivity contribution in [2.45, 2.75) is 18.8 Å². The van der Waals surface area contributed by atoms with Gasteiger partial charge in [0.2, 0.25) is 0 Å². The van der Waals surface area contributed by atoms with Crippen LogP contribution < -0.4 is 5.56 Å². The second kappa shape index (κ2) is 5.85. The summed E-state index contributed by atoms with van der Waals surface area (Å²) < 4.78 is 0. The zero-order valence-electron chi connectivity index (χ0n) is 11.4. The Morgan fingerprint density at radius 3 is 2.65 bits per heavy atom. The number of aromatic amines is 1. The number of fused-ring (bicyclic) bond motifs is 1. The fraction of sp³-hybridized carbons (Fsp3) is 0.400. The molecule has 2 N–H and O–H groups in total. The largest absolute Gasteiger partial charge is 0.507 e. The highest BCUT2D eigenvalue weighted by Gasteiger charge is 2.20. The molecule has 1 aliphatic rings. The smallest absolute Gasteiger partial charge is 0.256 e. The molecule has 1 saturated heterocycles. The van der Waals surface area contributed by atoms with Gasteiger partial charge in [0, 0.05) is 17.0 Å². The number of nitrogens with zero attached hydrogens (tertiary/aromatic N) is 1. The fourth-order valence-electron chi connectivity index (χ4n) is 2.83. The van der Waals surface area contributed by atoms with E-state index < -0.39 is 0 Å². The van der Waals surface area contributed by atoms with Crippen molar-refractivity contribution >= 4 is 23.2 Å². The molecule has 0 bridgehead atoms. The summed E-state index contributed by atoms with van der Waals surface area (Å²) in [6.45, 7) is 2.09. The van der Waals surface area contributed by atoms with Crippen molar-refractivity contribution in [1.82, 2.24) is 9.88 Å². The third-order valence-electron chi connectivity index (χ3n) is 4.04. The number of benzene rings is 1. The number of pyridine rings is 1. The minimum atomic E-state index is -0.109. The van der Waals surface area contributed by atoms with E-state index in [0.29, 0.717) is 16.7 Å². The van der Waals surface area contributed by atoms with Crippen LogP contribution in [0.4, 0.5) is 0 Å². The van der Waals surface area contributed by atoms with Crippen molar-refractivity contribution in [3.63, 3.8) is 0 Å². The Bertz CT molecular complexity index is 660. The molecule has 108 valence electrons. The summed E-state index contributed by atoms with van der Waals surface area (Å²) in [6.07, 6.45) is 2.09. The average molecular weight is 295 g/mol. The van der Waals surface area contributed by atoms with E-state index in [1.165, 1.54) is 0 Å². The molecule has 1 aromatic heterocycles. The normalized spacial score (nSPS) is 17.1. The number of piperidine rings is 1. The van der Waals surface area contributed by atoms with Crippen LogP contribution in [0.5, 0.6) is 5.75 Å². The van der Waals surface area contributed by atoms with Crippen LogP contribution in [0.15, 0.2) is 29.1 Å². The van der Waals surface area contributed by atoms with Gasteiger partial charge in [0.05, 0.1) is 5.39 Å². The maximum atomic E-state index is 12.1. The summed E-state index contributed by atoms with van der Waals surface area (Å²) in [5.41, 5.74) is 0.842. The molecule has 20 heavy (non-hydrogen) atoms. The molecule has 3 rings (SSSR count). The highest BCUT2D eigenvalue weighted by atomic mass is 35.5. The van der Waals surface area contributed by atoms with Crippen molar-refractivity contribution in [3.05, 3.63) is 40.3 Å². The minimum Gasteiger partial charge on any atom is -0.507 e. The lowest BCUT2D eigenvalue weighted by Crippen LogP contribution is -2.30. The standard InChI is InChI=1S/C15H18N2O2.ClH/c1-17-7-5-10(6-8-17)13-9-12-11(15(19)16-13)3-2-4-14(12)18;/h2-4,9-10,18H,5-8H2,1H3,(H,16,19);1H. The molecule has 1 aliphatic heterocycles. The van der Waals surface area contributed by atoms with Crippen LogP contribution in [-0.2, 0) is 0 Å². The van der Waals surface area contributed by atoms with Gasteiger partial charge in [0.1, 0.15) is 5.75 Å². The van der Waals surface area contributed by atoms with Crippen LogP contribution in [0.2, 0.25) is 0 Å². The predicted molar refractivity (Wildman–Crippen MR) is 83.0 cm³/mol. The lowest BCUT2D eigenvalue weighted by molar-refractivity contribution is 0.253. The van der Waals surface area contributed by atoms with Gasteiger partial charge < -0.3 is 15.0 Å². The molecule has 0 spiro atoms. The first kappa shape index (κ1) is 14.9. The van der Waals surface area contributed by atoms with Gasteiger partial charge >= 0.3 is 0 Å². The number of halogens is 1. The molecule has 4 nitrogen and oxygen atoms in total. The van der Waals surface area contributed by atoms with E-state index >= 15 is 0 Å². The highest BCUT2D eigenvalue weighted by Crippen LogP contribution is 2.29. The zero-order valence-corrected chi connectivity index (χ0v) is 12.2. The van der Waals surface area contributed by atoms with E-state index in [1.54, 1.807) is 18.2 Å². The topological polar surface area (TPSA) is 56.3 Å². The molecule has 2 aromatic rings. The molecule has 0 aliphatic carbocycles. The Hall–Kier alpha value is -1.52. The number of aromatic hydroxyl groups is 1. The molecule has 0 unspecified atom stereocenters. The van der Waals surface area contributed by atoms with Crippen LogP contribution in [0.25, 0.3) is 10.8 Å². The molecule has 1 fully saturated rings. The van der Waals surface area contributed by atoms with Gasteiger partial charge in [-0.1, -0.05) is 6.07 Å². The van der Waals surface area contributed by atoms with Crippen LogP contribution in [0, 0.1) is 0 Å².